The highest BCUT2D eigenvalue weighted by atomic mass is 32.2. The molecule has 0 saturated carbocycles. The fourth-order valence-electron chi connectivity index (χ4n) is 3.42. The van der Waals surface area contributed by atoms with Crippen LogP contribution in [0.3, 0.4) is 0 Å². The molecule has 0 radical (unpaired) electrons. The van der Waals surface area contributed by atoms with Gasteiger partial charge in [-0.3, -0.25) is 13.9 Å². The maximum absolute atomic E-state index is 12.8. The lowest BCUT2D eigenvalue weighted by molar-refractivity contribution is 0.384. The van der Waals surface area contributed by atoms with E-state index in [1.54, 1.807) is 13.8 Å². The number of rotatable bonds is 4. The molecule has 0 aliphatic carbocycles. The van der Waals surface area contributed by atoms with Crippen molar-refractivity contribution in [3.05, 3.63) is 56.9 Å². The van der Waals surface area contributed by atoms with E-state index in [0.717, 1.165) is 4.57 Å². The Morgan fingerprint density at radius 3 is 2.15 bits per heavy atom. The Morgan fingerprint density at radius 2 is 1.59 bits per heavy atom. The average molecular weight is 392 g/mol. The zero-order valence-corrected chi connectivity index (χ0v) is 16.6. The molecular formula is C18H24N4O4S. The van der Waals surface area contributed by atoms with Crippen molar-refractivity contribution in [1.29, 1.82) is 0 Å². The third-order valence-corrected chi connectivity index (χ3v) is 6.87. The Kier molecular flexibility index (Phi) is 5.25. The summed E-state index contributed by atoms with van der Waals surface area (Å²) in [5.41, 5.74) is 0.913. The smallest absolute Gasteiger partial charge is 0.335 e. The maximum Gasteiger partial charge on any atom is 0.335 e. The second-order valence-electron chi connectivity index (χ2n) is 6.54. The predicted octanol–water partition coefficient (Wildman–Crippen LogP) is 0.316. The van der Waals surface area contributed by atoms with Gasteiger partial charge in [-0.05, 0) is 26.0 Å². The fraction of sp³-hybridized carbons (Fsp3) is 0.444. The first-order valence-corrected chi connectivity index (χ1v) is 10.5. The molecule has 1 aromatic carbocycles. The molecule has 1 fully saturated rings. The average Bonchev–Trinajstić information content (AvgIpc) is 2.68. The van der Waals surface area contributed by atoms with E-state index < -0.39 is 15.7 Å². The van der Waals surface area contributed by atoms with Crippen LogP contribution in [0.1, 0.15) is 12.6 Å². The SMILES string of the molecule is CCS(=O)(=O)N1CCN(c2c(C)n(-c3ccccc3)c(=O)n(C)c2=O)CC1. The van der Waals surface area contributed by atoms with Gasteiger partial charge in [-0.1, -0.05) is 18.2 Å². The first-order valence-electron chi connectivity index (χ1n) is 8.88. The van der Waals surface area contributed by atoms with Crippen molar-refractivity contribution in [2.24, 2.45) is 7.05 Å². The molecule has 0 atom stereocenters. The van der Waals surface area contributed by atoms with Gasteiger partial charge in [0.25, 0.3) is 5.56 Å². The quantitative estimate of drug-likeness (QED) is 0.748. The minimum atomic E-state index is -3.25. The minimum Gasteiger partial charge on any atom is -0.363 e. The molecule has 0 amide bonds. The van der Waals surface area contributed by atoms with E-state index in [2.05, 4.69) is 0 Å². The molecule has 2 aromatic rings. The van der Waals surface area contributed by atoms with E-state index in [9.17, 15) is 18.0 Å². The Balaban J connectivity index is 2.04. The second-order valence-corrected chi connectivity index (χ2v) is 8.80. The van der Waals surface area contributed by atoms with Crippen molar-refractivity contribution in [3.8, 4) is 5.69 Å². The van der Waals surface area contributed by atoms with Crippen LogP contribution in [0.2, 0.25) is 0 Å². The molecule has 1 saturated heterocycles. The summed E-state index contributed by atoms with van der Waals surface area (Å²) in [4.78, 5) is 27.4. The number of nitrogens with zero attached hydrogens (tertiary/aromatic N) is 4. The minimum absolute atomic E-state index is 0.0622. The molecule has 3 rings (SSSR count). The van der Waals surface area contributed by atoms with Gasteiger partial charge >= 0.3 is 5.69 Å². The van der Waals surface area contributed by atoms with Gasteiger partial charge in [-0.15, -0.1) is 0 Å². The van der Waals surface area contributed by atoms with E-state index in [1.165, 1.54) is 15.9 Å². The van der Waals surface area contributed by atoms with Gasteiger partial charge in [0.15, 0.2) is 0 Å². The third-order valence-electron chi connectivity index (χ3n) is 4.99. The molecule has 0 unspecified atom stereocenters. The van der Waals surface area contributed by atoms with Crippen LogP contribution in [0.5, 0.6) is 0 Å². The summed E-state index contributed by atoms with van der Waals surface area (Å²) in [5, 5.41) is 0. The molecule has 0 N–H and O–H groups in total. The summed E-state index contributed by atoms with van der Waals surface area (Å²) in [7, 11) is -1.78. The highest BCUT2D eigenvalue weighted by Gasteiger charge is 2.28. The summed E-state index contributed by atoms with van der Waals surface area (Å²) >= 11 is 0. The van der Waals surface area contributed by atoms with Gasteiger partial charge in [-0.2, -0.15) is 4.31 Å². The highest BCUT2D eigenvalue weighted by molar-refractivity contribution is 7.89. The molecule has 1 aromatic heterocycles. The zero-order chi connectivity index (χ0) is 19.8. The van der Waals surface area contributed by atoms with E-state index in [4.69, 9.17) is 0 Å². The monoisotopic (exact) mass is 392 g/mol. The summed E-state index contributed by atoms with van der Waals surface area (Å²) < 4.78 is 28.2. The lowest BCUT2D eigenvalue weighted by atomic mass is 10.2. The Hall–Kier alpha value is -2.39. The van der Waals surface area contributed by atoms with E-state index in [-0.39, 0.29) is 11.3 Å². The molecule has 9 heteroatoms. The number of para-hydroxylation sites is 1. The van der Waals surface area contributed by atoms with E-state index in [1.807, 2.05) is 35.2 Å². The molecule has 146 valence electrons. The van der Waals surface area contributed by atoms with Crippen LogP contribution in [-0.2, 0) is 17.1 Å². The Labute approximate surface area is 158 Å². The van der Waals surface area contributed by atoms with Crippen molar-refractivity contribution < 1.29 is 8.42 Å². The lowest BCUT2D eigenvalue weighted by Gasteiger charge is -2.35. The number of hydrogen-bond acceptors (Lipinski definition) is 5. The van der Waals surface area contributed by atoms with Crippen molar-refractivity contribution in [3.63, 3.8) is 0 Å². The fourth-order valence-corrected chi connectivity index (χ4v) is 4.50. The largest absolute Gasteiger partial charge is 0.363 e. The van der Waals surface area contributed by atoms with Crippen LogP contribution in [-0.4, -0.2) is 53.8 Å². The highest BCUT2D eigenvalue weighted by Crippen LogP contribution is 2.19. The van der Waals surface area contributed by atoms with Gasteiger partial charge in [0.1, 0.15) is 5.69 Å². The van der Waals surface area contributed by atoms with Crippen LogP contribution in [0.4, 0.5) is 5.69 Å². The molecule has 1 aliphatic rings. The van der Waals surface area contributed by atoms with Crippen LogP contribution in [0.15, 0.2) is 39.9 Å². The Bertz CT molecular complexity index is 1050. The topological polar surface area (TPSA) is 84.6 Å². The van der Waals surface area contributed by atoms with Gasteiger partial charge in [0, 0.05) is 33.2 Å². The van der Waals surface area contributed by atoms with Crippen molar-refractivity contribution in [2.45, 2.75) is 13.8 Å². The van der Waals surface area contributed by atoms with Crippen molar-refractivity contribution in [2.75, 3.05) is 36.8 Å². The van der Waals surface area contributed by atoms with Gasteiger partial charge < -0.3 is 4.90 Å². The van der Waals surface area contributed by atoms with Gasteiger partial charge in [0.2, 0.25) is 10.0 Å². The van der Waals surface area contributed by atoms with Crippen LogP contribution in [0.25, 0.3) is 5.69 Å². The number of benzene rings is 1. The van der Waals surface area contributed by atoms with Crippen molar-refractivity contribution in [1.82, 2.24) is 13.4 Å². The zero-order valence-electron chi connectivity index (χ0n) is 15.8. The van der Waals surface area contributed by atoms with E-state index >= 15 is 0 Å². The van der Waals surface area contributed by atoms with Gasteiger partial charge in [-0.25, -0.2) is 13.2 Å². The van der Waals surface area contributed by atoms with Crippen LogP contribution >= 0.6 is 0 Å². The standard InChI is InChI=1S/C18H24N4O4S/c1-4-27(25,26)21-12-10-20(11-13-21)16-14(2)22(15-8-6-5-7-9-15)18(24)19(3)17(16)23/h5-9H,4,10-13H2,1-3H3. The van der Waals surface area contributed by atoms with Crippen LogP contribution in [0, 0.1) is 6.92 Å². The summed E-state index contributed by atoms with van der Waals surface area (Å²) in [5.74, 6) is 0.0622. The number of piperazine rings is 1. The normalized spacial score (nSPS) is 15.9. The summed E-state index contributed by atoms with van der Waals surface area (Å²) in [6, 6.07) is 9.16. The molecular weight excluding hydrogens is 368 g/mol. The van der Waals surface area contributed by atoms with Crippen LogP contribution < -0.4 is 16.1 Å². The second kappa shape index (κ2) is 7.32. The third kappa shape index (κ3) is 3.44. The molecule has 0 bridgehead atoms. The molecule has 2 heterocycles. The molecule has 1 aliphatic heterocycles. The lowest BCUT2D eigenvalue weighted by Crippen LogP contribution is -2.52. The summed E-state index contributed by atoms with van der Waals surface area (Å²) in [6.45, 7) is 4.83. The molecule has 27 heavy (non-hydrogen) atoms. The summed E-state index contributed by atoms with van der Waals surface area (Å²) in [6.07, 6.45) is 0. The first kappa shape index (κ1) is 19.4. The first-order chi connectivity index (χ1) is 12.8. The maximum atomic E-state index is 12.8. The number of sulfonamides is 1. The number of aromatic nitrogens is 2. The Morgan fingerprint density at radius 1 is 1.00 bits per heavy atom. The van der Waals surface area contributed by atoms with E-state index in [0.29, 0.717) is 43.2 Å². The predicted molar refractivity (Wildman–Crippen MR) is 105 cm³/mol. The molecule has 8 nitrogen and oxygen atoms in total. The molecule has 0 spiro atoms. The number of anilines is 1. The van der Waals surface area contributed by atoms with Gasteiger partial charge in [0.05, 0.1) is 17.1 Å². The van der Waals surface area contributed by atoms with Crippen molar-refractivity contribution >= 4 is 15.7 Å². The number of hydrogen-bond donors (Lipinski definition) is 0.